The maximum Gasteiger partial charge on any atom is 0.115 e. The molecule has 98 valence electrons. The van der Waals surface area contributed by atoms with Crippen LogP contribution >= 0.6 is 0 Å². The second-order valence-electron chi connectivity index (χ2n) is 4.95. The van der Waals surface area contributed by atoms with Gasteiger partial charge in [0, 0.05) is 24.3 Å². The minimum Gasteiger partial charge on any atom is -0.508 e. The number of phenols is 1. The highest BCUT2D eigenvalue weighted by molar-refractivity contribution is 5.56. The monoisotopic (exact) mass is 255 g/mol. The Labute approximate surface area is 112 Å². The highest BCUT2D eigenvalue weighted by atomic mass is 16.3. The van der Waals surface area contributed by atoms with Crippen molar-refractivity contribution in [2.45, 2.75) is 19.1 Å². The smallest absolute Gasteiger partial charge is 0.115 e. The molecule has 1 unspecified atom stereocenters. The number of aliphatic hydroxyl groups is 1. The fourth-order valence-electron chi connectivity index (χ4n) is 2.65. The van der Waals surface area contributed by atoms with Crippen molar-refractivity contribution in [3.8, 4) is 5.75 Å². The summed E-state index contributed by atoms with van der Waals surface area (Å²) in [6.45, 7) is 1.58. The molecule has 3 heteroatoms. The van der Waals surface area contributed by atoms with Crippen molar-refractivity contribution in [1.29, 1.82) is 0 Å². The molecule has 0 saturated heterocycles. The van der Waals surface area contributed by atoms with Crippen LogP contribution in [0.3, 0.4) is 0 Å². The van der Waals surface area contributed by atoms with Gasteiger partial charge < -0.3 is 15.1 Å². The highest BCUT2D eigenvalue weighted by Gasteiger charge is 2.22. The Morgan fingerprint density at radius 3 is 2.79 bits per heavy atom. The third-order valence-electron chi connectivity index (χ3n) is 3.59. The molecule has 0 amide bonds. The molecule has 1 atom stereocenters. The molecule has 1 aliphatic rings. The first-order valence-electron chi connectivity index (χ1n) is 6.54. The SMILES string of the molecule is Oc1cccc(CN2CCC(O)c3ccccc32)c1. The zero-order valence-corrected chi connectivity index (χ0v) is 10.7. The van der Waals surface area contributed by atoms with E-state index in [4.69, 9.17) is 0 Å². The van der Waals surface area contributed by atoms with Crippen molar-refractivity contribution in [3.63, 3.8) is 0 Å². The van der Waals surface area contributed by atoms with E-state index in [-0.39, 0.29) is 6.10 Å². The van der Waals surface area contributed by atoms with Gasteiger partial charge in [-0.05, 0) is 30.2 Å². The van der Waals surface area contributed by atoms with Crippen molar-refractivity contribution in [3.05, 3.63) is 59.7 Å². The third kappa shape index (κ3) is 2.42. The van der Waals surface area contributed by atoms with Gasteiger partial charge in [0.1, 0.15) is 5.75 Å². The van der Waals surface area contributed by atoms with E-state index >= 15 is 0 Å². The van der Waals surface area contributed by atoms with Crippen LogP contribution in [0.15, 0.2) is 48.5 Å². The summed E-state index contributed by atoms with van der Waals surface area (Å²) in [7, 11) is 0. The molecule has 1 heterocycles. The summed E-state index contributed by atoms with van der Waals surface area (Å²) in [6, 6.07) is 15.3. The minimum absolute atomic E-state index is 0.294. The minimum atomic E-state index is -0.364. The van der Waals surface area contributed by atoms with Crippen LogP contribution in [-0.2, 0) is 6.54 Å². The van der Waals surface area contributed by atoms with Crippen molar-refractivity contribution in [1.82, 2.24) is 0 Å². The first kappa shape index (κ1) is 12.1. The van der Waals surface area contributed by atoms with E-state index in [0.29, 0.717) is 5.75 Å². The molecule has 3 nitrogen and oxygen atoms in total. The average molecular weight is 255 g/mol. The molecule has 0 fully saturated rings. The Morgan fingerprint density at radius 2 is 1.95 bits per heavy atom. The molecule has 0 bridgehead atoms. The number of nitrogens with zero attached hydrogens (tertiary/aromatic N) is 1. The van der Waals surface area contributed by atoms with Gasteiger partial charge >= 0.3 is 0 Å². The van der Waals surface area contributed by atoms with Crippen LogP contribution in [0.1, 0.15) is 23.7 Å². The maximum absolute atomic E-state index is 10.0. The number of benzene rings is 2. The Balaban J connectivity index is 1.89. The van der Waals surface area contributed by atoms with Crippen LogP contribution in [-0.4, -0.2) is 16.8 Å². The van der Waals surface area contributed by atoms with Gasteiger partial charge in [-0.2, -0.15) is 0 Å². The summed E-state index contributed by atoms with van der Waals surface area (Å²) >= 11 is 0. The number of fused-ring (bicyclic) bond motifs is 1. The number of hydrogen-bond donors (Lipinski definition) is 2. The van der Waals surface area contributed by atoms with Gasteiger partial charge in [0.05, 0.1) is 6.10 Å². The third-order valence-corrected chi connectivity index (χ3v) is 3.59. The number of hydrogen-bond acceptors (Lipinski definition) is 3. The molecule has 2 N–H and O–H groups in total. The maximum atomic E-state index is 10.0. The number of aromatic hydroxyl groups is 1. The lowest BCUT2D eigenvalue weighted by Gasteiger charge is -2.33. The van der Waals surface area contributed by atoms with Crippen LogP contribution in [0.5, 0.6) is 5.75 Å². The van der Waals surface area contributed by atoms with E-state index < -0.39 is 0 Å². The topological polar surface area (TPSA) is 43.7 Å². The normalized spacial score (nSPS) is 18.2. The van der Waals surface area contributed by atoms with Crippen LogP contribution in [0.25, 0.3) is 0 Å². The van der Waals surface area contributed by atoms with Crippen molar-refractivity contribution < 1.29 is 10.2 Å². The number of phenolic OH excluding ortho intramolecular Hbond substituents is 1. The number of rotatable bonds is 2. The molecule has 0 saturated carbocycles. The van der Waals surface area contributed by atoms with Gasteiger partial charge in [-0.15, -0.1) is 0 Å². The zero-order valence-electron chi connectivity index (χ0n) is 10.7. The predicted octanol–water partition coefficient (Wildman–Crippen LogP) is 2.84. The number of aliphatic hydroxyl groups excluding tert-OH is 1. The van der Waals surface area contributed by atoms with Gasteiger partial charge in [-0.1, -0.05) is 30.3 Å². The molecule has 0 aliphatic carbocycles. The van der Waals surface area contributed by atoms with E-state index in [0.717, 1.165) is 36.3 Å². The quantitative estimate of drug-likeness (QED) is 0.867. The van der Waals surface area contributed by atoms with Gasteiger partial charge in [0.15, 0.2) is 0 Å². The molecule has 1 aliphatic heterocycles. The molecule has 2 aromatic carbocycles. The first-order valence-corrected chi connectivity index (χ1v) is 6.54. The lowest BCUT2D eigenvalue weighted by molar-refractivity contribution is 0.164. The Hall–Kier alpha value is -2.00. The lowest BCUT2D eigenvalue weighted by atomic mass is 9.98. The average Bonchev–Trinajstić information content (AvgIpc) is 2.42. The van der Waals surface area contributed by atoms with Crippen LogP contribution < -0.4 is 4.90 Å². The van der Waals surface area contributed by atoms with E-state index in [1.807, 2.05) is 36.4 Å². The molecule has 0 radical (unpaired) electrons. The summed E-state index contributed by atoms with van der Waals surface area (Å²) in [5.74, 6) is 0.294. The highest BCUT2D eigenvalue weighted by Crippen LogP contribution is 2.34. The van der Waals surface area contributed by atoms with E-state index in [2.05, 4.69) is 4.90 Å². The van der Waals surface area contributed by atoms with Gasteiger partial charge in [0.2, 0.25) is 0 Å². The van der Waals surface area contributed by atoms with Gasteiger partial charge in [-0.3, -0.25) is 0 Å². The Kier molecular flexibility index (Phi) is 3.13. The van der Waals surface area contributed by atoms with Crippen LogP contribution in [0.2, 0.25) is 0 Å². The molecule has 19 heavy (non-hydrogen) atoms. The second-order valence-corrected chi connectivity index (χ2v) is 4.95. The summed E-state index contributed by atoms with van der Waals surface area (Å²) in [5, 5.41) is 19.5. The molecular weight excluding hydrogens is 238 g/mol. The van der Waals surface area contributed by atoms with Crippen molar-refractivity contribution in [2.24, 2.45) is 0 Å². The lowest BCUT2D eigenvalue weighted by Crippen LogP contribution is -2.30. The summed E-state index contributed by atoms with van der Waals surface area (Å²) < 4.78 is 0. The van der Waals surface area contributed by atoms with Gasteiger partial charge in [0.25, 0.3) is 0 Å². The Morgan fingerprint density at radius 1 is 1.11 bits per heavy atom. The van der Waals surface area contributed by atoms with E-state index in [1.165, 1.54) is 0 Å². The van der Waals surface area contributed by atoms with Crippen molar-refractivity contribution in [2.75, 3.05) is 11.4 Å². The zero-order chi connectivity index (χ0) is 13.2. The van der Waals surface area contributed by atoms with E-state index in [9.17, 15) is 10.2 Å². The second kappa shape index (κ2) is 4.94. The first-order chi connectivity index (χ1) is 9.24. The number of para-hydroxylation sites is 1. The molecule has 0 aromatic heterocycles. The fourth-order valence-corrected chi connectivity index (χ4v) is 2.65. The van der Waals surface area contributed by atoms with Crippen molar-refractivity contribution >= 4 is 5.69 Å². The van der Waals surface area contributed by atoms with Crippen LogP contribution in [0.4, 0.5) is 5.69 Å². The largest absolute Gasteiger partial charge is 0.508 e. The molecule has 2 aromatic rings. The summed E-state index contributed by atoms with van der Waals surface area (Å²) in [5.41, 5.74) is 3.16. The molecule has 3 rings (SSSR count). The number of anilines is 1. The van der Waals surface area contributed by atoms with E-state index in [1.54, 1.807) is 12.1 Å². The predicted molar refractivity (Wildman–Crippen MR) is 75.2 cm³/mol. The summed E-state index contributed by atoms with van der Waals surface area (Å²) in [6.07, 6.45) is 0.382. The van der Waals surface area contributed by atoms with Crippen LogP contribution in [0, 0.1) is 0 Å². The molecule has 0 spiro atoms. The molecular formula is C16H17NO2. The standard InChI is InChI=1S/C16H17NO2/c18-13-5-3-4-12(10-13)11-17-9-8-16(19)14-6-1-2-7-15(14)17/h1-7,10,16,18-19H,8-9,11H2. The fraction of sp³-hybridized carbons (Fsp3) is 0.250. The summed E-state index contributed by atoms with van der Waals surface area (Å²) in [4.78, 5) is 2.25. The Bertz CT molecular complexity index is 582. The van der Waals surface area contributed by atoms with Gasteiger partial charge in [-0.25, -0.2) is 0 Å².